The van der Waals surface area contributed by atoms with Crippen molar-refractivity contribution in [3.63, 3.8) is 0 Å². The zero-order valence-corrected chi connectivity index (χ0v) is 71.3. The Morgan fingerprint density at radius 1 is 0.339 bits per heavy atom. The molecule has 4 N–H and O–H groups in total. The van der Waals surface area contributed by atoms with Crippen molar-refractivity contribution < 1.29 is 0 Å². The SMILES string of the molecule is CCn1c(=O)[nH]c(=O)c2c1nc(Cc1cn3cc(C)sc3n1)n2Cc1ccccc1.CCn1c(=O)[nH]c(=O)c2c1nc(Cc1cn3ccsc3n1)n2Cc1ccc(-c2ccn(C)n2)cc1.CCn1c(=O)[nH]c(=O)c2c1nc(Cc1cn3ccsc3n1)n2Cc1ccccc1.CCn1c(=O)[nH]c(=O)c2c1nc(Cc1cn3nc(C)sc3n1)n2Cc1ccccc1. The molecule has 124 heavy (non-hydrogen) atoms. The summed E-state index contributed by atoms with van der Waals surface area (Å²) in [6.07, 6.45) is 17.5. The van der Waals surface area contributed by atoms with Crippen LogP contribution in [0.4, 0.5) is 0 Å². The van der Waals surface area contributed by atoms with Gasteiger partial charge in [-0.2, -0.15) is 10.2 Å². The number of rotatable bonds is 21. The Morgan fingerprint density at radius 3 is 1.02 bits per heavy atom. The van der Waals surface area contributed by atoms with Gasteiger partial charge in [-0.1, -0.05) is 127 Å². The number of thiazole rings is 3. The topological polar surface area (TPSA) is 391 Å². The number of aromatic amines is 4. The van der Waals surface area contributed by atoms with Crippen molar-refractivity contribution >= 4 is 110 Å². The van der Waals surface area contributed by atoms with Gasteiger partial charge in [-0.25, -0.2) is 63.6 Å². The number of nitrogens with one attached hydrogen (secondary N) is 4. The van der Waals surface area contributed by atoms with Crippen molar-refractivity contribution in [2.45, 2.75) is 120 Å². The van der Waals surface area contributed by atoms with Gasteiger partial charge in [0, 0.05) is 143 Å². The molecule has 0 unspecified atom stereocenters. The number of fused-ring (bicyclic) bond motifs is 8. The predicted octanol–water partition coefficient (Wildman–Crippen LogP) is 9.43. The summed E-state index contributed by atoms with van der Waals surface area (Å²) in [6.45, 7) is 15.0. The summed E-state index contributed by atoms with van der Waals surface area (Å²) in [5.41, 5.74) is 9.14. The highest BCUT2D eigenvalue weighted by Crippen LogP contribution is 2.27. The van der Waals surface area contributed by atoms with Crippen LogP contribution in [0.25, 0.3) is 75.8 Å². The van der Waals surface area contributed by atoms with E-state index in [9.17, 15) is 38.4 Å². The third kappa shape index (κ3) is 15.9. The smallest absolute Gasteiger partial charge is 0.317 e. The third-order valence-electron chi connectivity index (χ3n) is 21.1. The number of aryl methyl sites for hydroxylation is 7. The normalized spacial score (nSPS) is 11.7. The first-order valence-corrected chi connectivity index (χ1v) is 43.3. The van der Waals surface area contributed by atoms with Crippen LogP contribution < -0.4 is 45.0 Å². The molecule has 17 heterocycles. The minimum atomic E-state index is -0.455. The van der Waals surface area contributed by atoms with Crippen LogP contribution in [0.3, 0.4) is 0 Å². The molecule has 0 aliphatic heterocycles. The predicted molar refractivity (Wildman–Crippen MR) is 476 cm³/mol. The second-order valence-electron chi connectivity index (χ2n) is 29.4. The number of aromatic nitrogens is 27. The van der Waals surface area contributed by atoms with Crippen LogP contribution in [-0.2, 0) is 85.1 Å². The maximum absolute atomic E-state index is 12.9. The molecule has 17 aromatic heterocycles. The monoisotopic (exact) mass is 1730 g/mol. The Kier molecular flexibility index (Phi) is 21.9. The van der Waals surface area contributed by atoms with Crippen LogP contribution >= 0.6 is 45.3 Å². The number of hydrogen-bond donors (Lipinski definition) is 4. The third-order valence-corrected chi connectivity index (χ3v) is 24.4. The van der Waals surface area contributed by atoms with Gasteiger partial charge >= 0.3 is 22.8 Å². The van der Waals surface area contributed by atoms with Crippen molar-refractivity contribution in [1.82, 2.24) is 129 Å². The molecule has 0 bridgehead atoms. The molecule has 0 atom stereocenters. The van der Waals surface area contributed by atoms with E-state index in [-0.39, 0.29) is 0 Å². The molecule has 21 aromatic rings. The highest BCUT2D eigenvalue weighted by Gasteiger charge is 2.26. The lowest BCUT2D eigenvalue weighted by atomic mass is 10.1. The van der Waals surface area contributed by atoms with Gasteiger partial charge in [-0.05, 0) is 69.9 Å². The number of nitrogens with zero attached hydrogens (tertiary/aromatic N) is 23. The molecule has 35 nitrogen and oxygen atoms in total. The molecule has 0 amide bonds. The van der Waals surface area contributed by atoms with Crippen LogP contribution in [0.15, 0.2) is 220 Å². The second kappa shape index (κ2) is 33.7. The highest BCUT2D eigenvalue weighted by atomic mass is 32.1. The van der Waals surface area contributed by atoms with Gasteiger partial charge in [0.1, 0.15) is 28.3 Å². The van der Waals surface area contributed by atoms with E-state index < -0.39 is 45.0 Å². The van der Waals surface area contributed by atoms with Crippen LogP contribution in [0.2, 0.25) is 0 Å². The van der Waals surface area contributed by atoms with E-state index >= 15 is 0 Å². The van der Waals surface area contributed by atoms with E-state index in [2.05, 4.69) is 52.0 Å². The van der Waals surface area contributed by atoms with E-state index in [1.807, 2.05) is 255 Å². The van der Waals surface area contributed by atoms with Gasteiger partial charge in [0.05, 0.1) is 41.1 Å². The van der Waals surface area contributed by atoms with Crippen LogP contribution in [0, 0.1) is 13.8 Å². The molecular formula is C85H79N27O8S4. The fourth-order valence-electron chi connectivity index (χ4n) is 15.4. The standard InChI is InChI=1S/C24H22N8O2S.C21H20N6O2S.C20H19N7O2S.C20H18N6O2S/c1-3-31-21-20(22(33)27-23(31)34)32(19(26-21)12-17-14-30-10-11-35-24(30)25-17)13-15-4-6-16(7-5-15)18-8-9-29(2)28-18;1-3-26-18-17(19(28)24-20(26)29)27(11-14-7-5-4-6-8-14)16(23-18)9-15-12-25-10-13(2)30-21(25)22-15;1-3-25-17-16(18(28)23-19(25)29)26(10-13-7-5-4-6-8-13)15(22-17)9-14-11-27-20(21-14)30-12(2)24-27;1-2-25-17-16(18(27)23-19(25)28)26(11-13-6-4-3-5-7-13)15(22-17)10-14-12-24-8-9-29-20(24)21-14/h4-11,14H,3,12-13H2,1-2H3,(H,27,33,34);4-8,10,12H,3,9,11H2,1-2H3,(H,24,28,29);4-8,11H,3,9-10H2,1-2H3,(H,23,28,29);3-9,12H,2,10-11H2,1H3,(H,23,27,28). The minimum Gasteiger partial charge on any atom is -0.317 e. The largest absolute Gasteiger partial charge is 0.330 e. The van der Waals surface area contributed by atoms with Crippen LogP contribution in [-0.4, -0.2) is 129 Å². The van der Waals surface area contributed by atoms with Crippen molar-refractivity contribution in [3.05, 3.63) is 343 Å². The number of benzene rings is 4. The molecular weight excluding hydrogens is 1660 g/mol. The van der Waals surface area contributed by atoms with E-state index in [1.54, 1.807) is 43.2 Å². The fourth-order valence-corrected chi connectivity index (χ4v) is 18.4. The number of hydrogen-bond acceptors (Lipinski definition) is 22. The molecule has 0 radical (unpaired) electrons. The van der Waals surface area contributed by atoms with Gasteiger partial charge in [0.15, 0.2) is 59.5 Å². The zero-order chi connectivity index (χ0) is 85.7. The van der Waals surface area contributed by atoms with Gasteiger partial charge in [-0.15, -0.1) is 34.0 Å². The Balaban J connectivity index is 0.000000113. The summed E-state index contributed by atoms with van der Waals surface area (Å²) in [5.74, 6) is 2.76. The lowest BCUT2D eigenvalue weighted by Crippen LogP contribution is -2.30. The van der Waals surface area contributed by atoms with E-state index in [4.69, 9.17) is 24.9 Å². The first-order chi connectivity index (χ1) is 60.2. The van der Waals surface area contributed by atoms with E-state index in [0.29, 0.717) is 146 Å². The summed E-state index contributed by atoms with van der Waals surface area (Å²) in [5, 5.41) is 13.8. The van der Waals surface area contributed by atoms with Crippen LogP contribution in [0.5, 0.6) is 0 Å². The maximum Gasteiger partial charge on any atom is 0.330 e. The summed E-state index contributed by atoms with van der Waals surface area (Å²) >= 11 is 6.27. The quantitative estimate of drug-likeness (QED) is 0.0520. The van der Waals surface area contributed by atoms with Gasteiger partial charge in [0.25, 0.3) is 22.2 Å². The molecule has 4 aromatic carbocycles. The van der Waals surface area contributed by atoms with Crippen molar-refractivity contribution in [2.24, 2.45) is 7.05 Å². The first kappa shape index (κ1) is 80.4. The summed E-state index contributed by atoms with van der Waals surface area (Å²) in [4.78, 5) is 152. The minimum absolute atomic E-state index is 0.385. The van der Waals surface area contributed by atoms with Gasteiger partial charge < -0.3 is 18.3 Å². The first-order valence-electron chi connectivity index (χ1n) is 39.9. The summed E-state index contributed by atoms with van der Waals surface area (Å²) in [7, 11) is 1.89. The van der Waals surface area contributed by atoms with Gasteiger partial charge in [-0.3, -0.25) is 75.3 Å². The molecule has 0 saturated heterocycles. The van der Waals surface area contributed by atoms with Crippen molar-refractivity contribution in [1.29, 1.82) is 0 Å². The Hall–Kier alpha value is -14.7. The summed E-state index contributed by atoms with van der Waals surface area (Å²) in [6, 6.07) is 39.7. The van der Waals surface area contributed by atoms with E-state index in [0.717, 1.165) is 81.1 Å². The zero-order valence-electron chi connectivity index (χ0n) is 68.0. The Morgan fingerprint density at radius 2 is 0.685 bits per heavy atom. The molecule has 39 heteroatoms. The molecule has 21 rings (SSSR count). The van der Waals surface area contributed by atoms with E-state index in [1.165, 1.54) is 34.5 Å². The maximum atomic E-state index is 12.9. The molecule has 0 spiro atoms. The molecule has 0 aliphatic carbocycles. The second-order valence-corrected chi connectivity index (χ2v) is 33.5. The summed E-state index contributed by atoms with van der Waals surface area (Å²) < 4.78 is 23.0. The number of H-pyrrole nitrogens is 4. The fraction of sp³-hybridized carbons (Fsp3) is 0.224. The molecule has 0 saturated carbocycles. The lowest BCUT2D eigenvalue weighted by Gasteiger charge is -2.09. The molecule has 0 fully saturated rings. The average Bonchev–Trinajstić information content (AvgIpc) is 1.61. The van der Waals surface area contributed by atoms with Crippen LogP contribution in [0.1, 0.15) is 106 Å². The number of imidazole rings is 8. The van der Waals surface area contributed by atoms with Crippen molar-refractivity contribution in [3.8, 4) is 11.3 Å². The van der Waals surface area contributed by atoms with Crippen molar-refractivity contribution in [2.75, 3.05) is 0 Å². The highest BCUT2D eigenvalue weighted by molar-refractivity contribution is 7.17. The molecule has 0 aliphatic rings. The van der Waals surface area contributed by atoms with Gasteiger partial charge in [0.2, 0.25) is 4.96 Å². The Labute approximate surface area is 715 Å². The average molecular weight is 1740 g/mol. The lowest BCUT2D eigenvalue weighted by molar-refractivity contribution is 0.717. The Bertz CT molecular complexity index is 7740. The molecule has 626 valence electrons.